The van der Waals surface area contributed by atoms with Crippen molar-refractivity contribution < 1.29 is 9.53 Å². The Kier molecular flexibility index (Phi) is 3.91. The minimum Gasteiger partial charge on any atom is -0.468 e. The second-order valence-corrected chi connectivity index (χ2v) is 3.60. The van der Waals surface area contributed by atoms with Gasteiger partial charge in [-0.2, -0.15) is 0 Å². The molecule has 0 unspecified atom stereocenters. The summed E-state index contributed by atoms with van der Waals surface area (Å²) in [4.78, 5) is 10.9. The van der Waals surface area contributed by atoms with Gasteiger partial charge < -0.3 is 4.74 Å². The molecule has 0 bridgehead atoms. The molecule has 1 rings (SSSR count). The van der Waals surface area contributed by atoms with Crippen molar-refractivity contribution in [1.82, 2.24) is 0 Å². The summed E-state index contributed by atoms with van der Waals surface area (Å²) in [7, 11) is 1.33. The van der Waals surface area contributed by atoms with E-state index < -0.39 is 0 Å². The summed E-state index contributed by atoms with van der Waals surface area (Å²) in [6.45, 7) is 0.0347. The number of hydrogen-bond acceptors (Lipinski definition) is 4. The Balaban J connectivity index is 2.69. The summed E-state index contributed by atoms with van der Waals surface area (Å²) in [5, 5.41) is 1.33. The lowest BCUT2D eigenvalue weighted by Crippen LogP contribution is -2.36. The molecule has 0 heterocycles. The van der Waals surface area contributed by atoms with E-state index in [1.165, 1.54) is 12.1 Å². The van der Waals surface area contributed by atoms with E-state index in [2.05, 4.69) is 20.7 Å². The SMILES string of the molecule is COC(=O)CN(N)c1cccc(Br)c1. The van der Waals surface area contributed by atoms with Crippen molar-refractivity contribution in [2.24, 2.45) is 5.84 Å². The first-order valence-corrected chi connectivity index (χ1v) is 4.77. The number of carbonyl (C=O) groups is 1. The summed E-state index contributed by atoms with van der Waals surface area (Å²) in [6.07, 6.45) is 0. The van der Waals surface area contributed by atoms with Crippen molar-refractivity contribution in [3.8, 4) is 0 Å². The van der Waals surface area contributed by atoms with E-state index >= 15 is 0 Å². The maximum atomic E-state index is 10.9. The first-order valence-electron chi connectivity index (χ1n) is 3.98. The second-order valence-electron chi connectivity index (χ2n) is 2.68. The molecule has 5 heteroatoms. The molecule has 14 heavy (non-hydrogen) atoms. The van der Waals surface area contributed by atoms with Crippen molar-refractivity contribution in [1.29, 1.82) is 0 Å². The molecule has 0 radical (unpaired) electrons. The smallest absolute Gasteiger partial charge is 0.326 e. The summed E-state index contributed by atoms with van der Waals surface area (Å²) in [5.41, 5.74) is 0.754. The Bertz CT molecular complexity index is 330. The third-order valence-electron chi connectivity index (χ3n) is 1.67. The average Bonchev–Trinajstić information content (AvgIpc) is 2.17. The second kappa shape index (κ2) is 4.97. The van der Waals surface area contributed by atoms with Crippen LogP contribution in [0.5, 0.6) is 0 Å². The molecule has 0 spiro atoms. The van der Waals surface area contributed by atoms with Gasteiger partial charge in [0.1, 0.15) is 6.54 Å². The zero-order chi connectivity index (χ0) is 10.6. The van der Waals surface area contributed by atoms with Gasteiger partial charge in [0.05, 0.1) is 12.8 Å². The highest BCUT2D eigenvalue weighted by atomic mass is 79.9. The minimum absolute atomic E-state index is 0.0347. The van der Waals surface area contributed by atoms with Crippen LogP contribution >= 0.6 is 15.9 Å². The molecule has 0 aliphatic carbocycles. The molecule has 0 fully saturated rings. The average molecular weight is 259 g/mol. The number of anilines is 1. The quantitative estimate of drug-likeness (QED) is 0.505. The lowest BCUT2D eigenvalue weighted by atomic mass is 10.3. The number of ether oxygens (including phenoxy) is 1. The molecule has 0 amide bonds. The van der Waals surface area contributed by atoms with Gasteiger partial charge in [-0.1, -0.05) is 22.0 Å². The number of nitrogens with zero attached hydrogens (tertiary/aromatic N) is 1. The number of benzene rings is 1. The van der Waals surface area contributed by atoms with E-state index in [0.717, 1.165) is 10.2 Å². The predicted octanol–water partition coefficient (Wildman–Crippen LogP) is 1.30. The third kappa shape index (κ3) is 3.01. The van der Waals surface area contributed by atoms with E-state index in [0.29, 0.717) is 0 Å². The fourth-order valence-electron chi connectivity index (χ4n) is 0.950. The largest absolute Gasteiger partial charge is 0.468 e. The summed E-state index contributed by atoms with van der Waals surface area (Å²) in [6, 6.07) is 7.36. The van der Waals surface area contributed by atoms with Crippen LogP contribution < -0.4 is 10.9 Å². The number of hydrazine groups is 1. The normalized spacial score (nSPS) is 9.64. The number of nitrogens with two attached hydrogens (primary N) is 1. The maximum absolute atomic E-state index is 10.9. The molecule has 0 aromatic heterocycles. The van der Waals surface area contributed by atoms with Crippen molar-refractivity contribution in [3.05, 3.63) is 28.7 Å². The highest BCUT2D eigenvalue weighted by Crippen LogP contribution is 2.17. The topological polar surface area (TPSA) is 55.6 Å². The summed E-state index contributed by atoms with van der Waals surface area (Å²) >= 11 is 3.32. The molecule has 2 N–H and O–H groups in total. The molecule has 0 aliphatic rings. The Morgan fingerprint density at radius 1 is 1.64 bits per heavy atom. The molecule has 1 aromatic rings. The number of rotatable bonds is 3. The molecule has 1 aromatic carbocycles. The van der Waals surface area contributed by atoms with E-state index in [9.17, 15) is 4.79 Å². The number of carbonyl (C=O) groups excluding carboxylic acids is 1. The van der Waals surface area contributed by atoms with Gasteiger partial charge in [-0.05, 0) is 18.2 Å². The Morgan fingerprint density at radius 3 is 2.93 bits per heavy atom. The van der Waals surface area contributed by atoms with Crippen molar-refractivity contribution in [3.63, 3.8) is 0 Å². The van der Waals surface area contributed by atoms with Crippen LogP contribution in [0.3, 0.4) is 0 Å². The third-order valence-corrected chi connectivity index (χ3v) is 2.16. The Morgan fingerprint density at radius 2 is 2.36 bits per heavy atom. The van der Waals surface area contributed by atoms with E-state index in [-0.39, 0.29) is 12.5 Å². The number of halogens is 1. The number of methoxy groups -OCH3 is 1. The van der Waals surface area contributed by atoms with Gasteiger partial charge in [0.25, 0.3) is 0 Å². The fourth-order valence-corrected chi connectivity index (χ4v) is 1.34. The molecule has 4 nitrogen and oxygen atoms in total. The predicted molar refractivity (Wildman–Crippen MR) is 57.7 cm³/mol. The number of hydrogen-bond donors (Lipinski definition) is 1. The molecule has 0 saturated carbocycles. The Hall–Kier alpha value is -1.07. The molecule has 0 aliphatic heterocycles. The van der Waals surface area contributed by atoms with Gasteiger partial charge >= 0.3 is 5.97 Å². The van der Waals surface area contributed by atoms with Crippen LogP contribution in [0.1, 0.15) is 0 Å². The maximum Gasteiger partial charge on any atom is 0.326 e. The molecule has 0 saturated heterocycles. The van der Waals surface area contributed by atoms with Crippen molar-refractivity contribution in [2.45, 2.75) is 0 Å². The van der Waals surface area contributed by atoms with Crippen molar-refractivity contribution in [2.75, 3.05) is 18.7 Å². The van der Waals surface area contributed by atoms with Gasteiger partial charge in [0, 0.05) is 4.47 Å². The van der Waals surface area contributed by atoms with Gasteiger partial charge in [-0.15, -0.1) is 0 Å². The van der Waals surface area contributed by atoms with Gasteiger partial charge in [-0.3, -0.25) is 9.80 Å². The van der Waals surface area contributed by atoms with Crippen LogP contribution in [0.15, 0.2) is 28.7 Å². The highest BCUT2D eigenvalue weighted by molar-refractivity contribution is 9.10. The van der Waals surface area contributed by atoms with Crippen LogP contribution in [0.25, 0.3) is 0 Å². The standard InChI is InChI=1S/C9H11BrN2O2/c1-14-9(13)6-12(11)8-4-2-3-7(10)5-8/h2-5H,6,11H2,1H3. The first-order chi connectivity index (χ1) is 6.63. The first kappa shape index (κ1) is 11.0. The Labute approximate surface area is 90.7 Å². The zero-order valence-electron chi connectivity index (χ0n) is 7.74. The molecular formula is C9H11BrN2O2. The van der Waals surface area contributed by atoms with Crippen LogP contribution in [-0.4, -0.2) is 19.6 Å². The van der Waals surface area contributed by atoms with Gasteiger partial charge in [0.2, 0.25) is 0 Å². The lowest BCUT2D eigenvalue weighted by Gasteiger charge is -2.16. The van der Waals surface area contributed by atoms with E-state index in [4.69, 9.17) is 5.84 Å². The summed E-state index contributed by atoms with van der Waals surface area (Å²) < 4.78 is 5.41. The fraction of sp³-hybridized carbons (Fsp3) is 0.222. The molecule has 0 atom stereocenters. The van der Waals surface area contributed by atoms with Gasteiger partial charge in [0.15, 0.2) is 0 Å². The number of esters is 1. The monoisotopic (exact) mass is 258 g/mol. The highest BCUT2D eigenvalue weighted by Gasteiger charge is 2.07. The summed E-state index contributed by atoms with van der Waals surface area (Å²) in [5.74, 6) is 5.28. The van der Waals surface area contributed by atoms with Crippen LogP contribution in [-0.2, 0) is 9.53 Å². The molecule has 76 valence electrons. The van der Waals surface area contributed by atoms with E-state index in [1.807, 2.05) is 24.3 Å². The van der Waals surface area contributed by atoms with Crippen LogP contribution in [0, 0.1) is 0 Å². The van der Waals surface area contributed by atoms with Gasteiger partial charge in [-0.25, -0.2) is 5.84 Å². The van der Waals surface area contributed by atoms with Crippen LogP contribution in [0.2, 0.25) is 0 Å². The van der Waals surface area contributed by atoms with Crippen molar-refractivity contribution >= 4 is 27.6 Å². The van der Waals surface area contributed by atoms with Crippen LogP contribution in [0.4, 0.5) is 5.69 Å². The zero-order valence-corrected chi connectivity index (χ0v) is 9.32. The minimum atomic E-state index is -0.368. The molecular weight excluding hydrogens is 248 g/mol. The lowest BCUT2D eigenvalue weighted by molar-refractivity contribution is -0.138. The van der Waals surface area contributed by atoms with E-state index in [1.54, 1.807) is 0 Å².